The summed E-state index contributed by atoms with van der Waals surface area (Å²) in [6.07, 6.45) is -0.0929. The summed E-state index contributed by atoms with van der Waals surface area (Å²) in [5.41, 5.74) is -0.125. The Bertz CT molecular complexity index is 674. The van der Waals surface area contributed by atoms with Crippen LogP contribution in [0, 0.1) is 17.0 Å². The number of benzene rings is 1. The summed E-state index contributed by atoms with van der Waals surface area (Å²) in [6.45, 7) is 1.40. The molecule has 1 aromatic carbocycles. The fourth-order valence-corrected chi connectivity index (χ4v) is 3.30. The molecular weight excluding hydrogens is 324 g/mol. The van der Waals surface area contributed by atoms with Crippen molar-refractivity contribution in [2.75, 3.05) is 6.54 Å². The minimum Gasteiger partial charge on any atom is -0.481 e. The van der Waals surface area contributed by atoms with Gasteiger partial charge < -0.3 is 5.11 Å². The monoisotopic (exact) mass is 336 g/mol. The SMILES string of the molecule is Cc1cc([N+](=O)[O-])c(Cl)c(S(=O)(=O)NCCCC(=O)O)c1. The molecule has 0 radical (unpaired) electrons. The van der Waals surface area contributed by atoms with Crippen LogP contribution in [-0.2, 0) is 14.8 Å². The molecule has 0 atom stereocenters. The Morgan fingerprint density at radius 2 is 2.10 bits per heavy atom. The van der Waals surface area contributed by atoms with Crippen molar-refractivity contribution in [3.8, 4) is 0 Å². The molecule has 2 N–H and O–H groups in total. The van der Waals surface area contributed by atoms with E-state index in [2.05, 4.69) is 4.72 Å². The highest BCUT2D eigenvalue weighted by molar-refractivity contribution is 7.89. The van der Waals surface area contributed by atoms with Crippen molar-refractivity contribution in [3.63, 3.8) is 0 Å². The number of carbonyl (C=O) groups is 1. The molecule has 0 heterocycles. The maximum absolute atomic E-state index is 12.1. The lowest BCUT2D eigenvalue weighted by Crippen LogP contribution is -2.25. The van der Waals surface area contributed by atoms with E-state index in [1.807, 2.05) is 0 Å². The Morgan fingerprint density at radius 1 is 1.48 bits per heavy atom. The topological polar surface area (TPSA) is 127 Å². The van der Waals surface area contributed by atoms with Crippen molar-refractivity contribution >= 4 is 33.3 Å². The number of aryl methyl sites for hydroxylation is 1. The highest BCUT2D eigenvalue weighted by Crippen LogP contribution is 2.32. The molecule has 0 spiro atoms. The molecule has 0 aliphatic heterocycles. The van der Waals surface area contributed by atoms with Gasteiger partial charge in [0.05, 0.1) is 4.92 Å². The van der Waals surface area contributed by atoms with E-state index < -0.39 is 36.5 Å². The van der Waals surface area contributed by atoms with E-state index in [1.54, 1.807) is 0 Å². The van der Waals surface area contributed by atoms with Crippen molar-refractivity contribution < 1.29 is 23.2 Å². The molecule has 10 heteroatoms. The molecule has 0 amide bonds. The molecule has 1 aromatic rings. The predicted molar refractivity (Wildman–Crippen MR) is 74.9 cm³/mol. The van der Waals surface area contributed by atoms with Gasteiger partial charge in [-0.25, -0.2) is 13.1 Å². The second-order valence-corrected chi connectivity index (χ2v) is 6.36. The number of carboxylic acid groups (broad SMARTS) is 1. The van der Waals surface area contributed by atoms with Crippen LogP contribution in [0.3, 0.4) is 0 Å². The number of aliphatic carboxylic acids is 1. The van der Waals surface area contributed by atoms with Crippen LogP contribution in [-0.4, -0.2) is 31.0 Å². The lowest BCUT2D eigenvalue weighted by atomic mass is 10.2. The molecule has 0 aromatic heterocycles. The Kier molecular flexibility index (Phi) is 5.64. The number of halogens is 1. The van der Waals surface area contributed by atoms with Crippen LogP contribution in [0.15, 0.2) is 17.0 Å². The minimum atomic E-state index is -4.05. The molecule has 21 heavy (non-hydrogen) atoms. The van der Waals surface area contributed by atoms with E-state index in [0.717, 1.165) is 0 Å². The maximum atomic E-state index is 12.1. The van der Waals surface area contributed by atoms with E-state index in [-0.39, 0.29) is 19.4 Å². The second kappa shape index (κ2) is 6.83. The first kappa shape index (κ1) is 17.3. The van der Waals surface area contributed by atoms with E-state index in [4.69, 9.17) is 16.7 Å². The first-order valence-corrected chi connectivity index (χ1v) is 7.67. The van der Waals surface area contributed by atoms with Gasteiger partial charge in [-0.05, 0) is 25.0 Å². The number of sulfonamides is 1. The largest absolute Gasteiger partial charge is 0.481 e. The van der Waals surface area contributed by atoms with E-state index in [0.29, 0.717) is 5.56 Å². The molecule has 0 saturated heterocycles. The average molecular weight is 337 g/mol. The van der Waals surface area contributed by atoms with Crippen LogP contribution in [0.5, 0.6) is 0 Å². The molecule has 0 unspecified atom stereocenters. The van der Waals surface area contributed by atoms with Crippen LogP contribution in [0.4, 0.5) is 5.69 Å². The zero-order chi connectivity index (χ0) is 16.2. The summed E-state index contributed by atoms with van der Waals surface area (Å²) in [5.74, 6) is -1.04. The van der Waals surface area contributed by atoms with Gasteiger partial charge in [0.1, 0.15) is 9.92 Å². The van der Waals surface area contributed by atoms with Gasteiger partial charge in [-0.2, -0.15) is 0 Å². The van der Waals surface area contributed by atoms with Gasteiger partial charge in [0, 0.05) is 19.0 Å². The Hall–Kier alpha value is -1.71. The number of hydrogen-bond donors (Lipinski definition) is 2. The molecule has 0 saturated carbocycles. The van der Waals surface area contributed by atoms with Gasteiger partial charge in [0.2, 0.25) is 10.0 Å². The molecular formula is C11H13ClN2O6S. The van der Waals surface area contributed by atoms with Gasteiger partial charge >= 0.3 is 5.97 Å². The number of nitrogens with one attached hydrogen (secondary N) is 1. The third-order valence-corrected chi connectivity index (χ3v) is 4.50. The highest BCUT2D eigenvalue weighted by atomic mass is 35.5. The van der Waals surface area contributed by atoms with Crippen LogP contribution < -0.4 is 4.72 Å². The van der Waals surface area contributed by atoms with Gasteiger partial charge in [-0.1, -0.05) is 11.6 Å². The van der Waals surface area contributed by atoms with E-state index >= 15 is 0 Å². The summed E-state index contributed by atoms with van der Waals surface area (Å²) >= 11 is 5.77. The Balaban J connectivity index is 3.03. The number of nitrogens with zero attached hydrogens (tertiary/aromatic N) is 1. The van der Waals surface area contributed by atoms with Crippen LogP contribution in [0.2, 0.25) is 5.02 Å². The number of hydrogen-bond acceptors (Lipinski definition) is 5. The van der Waals surface area contributed by atoms with E-state index in [9.17, 15) is 23.3 Å². The smallest absolute Gasteiger partial charge is 0.303 e. The van der Waals surface area contributed by atoms with Gasteiger partial charge in [0.25, 0.3) is 5.69 Å². The number of nitro groups is 1. The summed E-state index contributed by atoms with van der Waals surface area (Å²) in [5, 5.41) is 18.8. The molecule has 116 valence electrons. The van der Waals surface area contributed by atoms with Crippen LogP contribution in [0.25, 0.3) is 0 Å². The third kappa shape index (κ3) is 4.66. The Labute approximate surface area is 125 Å². The van der Waals surface area contributed by atoms with Crippen molar-refractivity contribution in [3.05, 3.63) is 32.8 Å². The standard InChI is InChI=1S/C11H13ClN2O6S/c1-7-5-8(14(17)18)11(12)9(6-7)21(19,20)13-4-2-3-10(15)16/h5-6,13H,2-4H2,1H3,(H,15,16). The van der Waals surface area contributed by atoms with Gasteiger partial charge in [-0.15, -0.1) is 0 Å². The van der Waals surface area contributed by atoms with Crippen molar-refractivity contribution in [1.29, 1.82) is 0 Å². The summed E-state index contributed by atoms with van der Waals surface area (Å²) < 4.78 is 26.3. The highest BCUT2D eigenvalue weighted by Gasteiger charge is 2.25. The number of rotatable bonds is 7. The first-order chi connectivity index (χ1) is 9.65. The lowest BCUT2D eigenvalue weighted by molar-refractivity contribution is -0.385. The summed E-state index contributed by atoms with van der Waals surface area (Å²) in [4.78, 5) is 20.0. The van der Waals surface area contributed by atoms with Crippen molar-refractivity contribution in [2.24, 2.45) is 0 Å². The molecule has 0 aliphatic carbocycles. The summed E-state index contributed by atoms with van der Waals surface area (Å²) in [6, 6.07) is 2.39. The Morgan fingerprint density at radius 3 is 2.62 bits per heavy atom. The maximum Gasteiger partial charge on any atom is 0.303 e. The third-order valence-electron chi connectivity index (χ3n) is 2.51. The fraction of sp³-hybridized carbons (Fsp3) is 0.364. The van der Waals surface area contributed by atoms with Gasteiger partial charge in [0.15, 0.2) is 0 Å². The molecule has 1 rings (SSSR count). The normalized spacial score (nSPS) is 11.3. The zero-order valence-electron chi connectivity index (χ0n) is 11.0. The molecule has 0 aliphatic rings. The van der Waals surface area contributed by atoms with Crippen LogP contribution >= 0.6 is 11.6 Å². The molecule has 8 nitrogen and oxygen atoms in total. The first-order valence-electron chi connectivity index (χ1n) is 5.81. The lowest BCUT2D eigenvalue weighted by Gasteiger charge is -2.09. The van der Waals surface area contributed by atoms with Crippen molar-refractivity contribution in [2.45, 2.75) is 24.7 Å². The van der Waals surface area contributed by atoms with Crippen molar-refractivity contribution in [1.82, 2.24) is 4.72 Å². The minimum absolute atomic E-state index is 0.0973. The fourth-order valence-electron chi connectivity index (χ4n) is 1.57. The zero-order valence-corrected chi connectivity index (χ0v) is 12.6. The number of nitro benzene ring substituents is 1. The van der Waals surface area contributed by atoms with E-state index in [1.165, 1.54) is 19.1 Å². The molecule has 0 bridgehead atoms. The molecule has 0 fully saturated rings. The van der Waals surface area contributed by atoms with Gasteiger partial charge in [-0.3, -0.25) is 14.9 Å². The second-order valence-electron chi connectivity index (χ2n) is 4.25. The predicted octanol–water partition coefficient (Wildman–Crippen LogP) is 1.70. The average Bonchev–Trinajstić information content (AvgIpc) is 2.36. The summed E-state index contributed by atoms with van der Waals surface area (Å²) in [7, 11) is -4.05. The number of carboxylic acids is 1. The van der Waals surface area contributed by atoms with Crippen LogP contribution in [0.1, 0.15) is 18.4 Å². The quantitative estimate of drug-likeness (QED) is 0.443.